The third-order valence-corrected chi connectivity index (χ3v) is 2.89. The average Bonchev–Trinajstić information content (AvgIpc) is 2.26. The lowest BCUT2D eigenvalue weighted by Crippen LogP contribution is -2.37. The molecule has 0 radical (unpaired) electrons. The van der Waals surface area contributed by atoms with Crippen LogP contribution in [0.25, 0.3) is 0 Å². The minimum atomic E-state index is -0.0602. The van der Waals surface area contributed by atoms with E-state index < -0.39 is 0 Å². The summed E-state index contributed by atoms with van der Waals surface area (Å²) in [5, 5.41) is 0. The second kappa shape index (κ2) is 6.53. The fourth-order valence-corrected chi connectivity index (χ4v) is 2.14. The van der Waals surface area contributed by atoms with E-state index in [1.165, 1.54) is 5.56 Å². The zero-order valence-corrected chi connectivity index (χ0v) is 13.4. The monoisotopic (exact) mass is 263 g/mol. The van der Waals surface area contributed by atoms with Crippen LogP contribution in [0, 0.1) is 5.41 Å². The molecule has 0 saturated carbocycles. The molecule has 0 heterocycles. The van der Waals surface area contributed by atoms with Crippen molar-refractivity contribution in [3.05, 3.63) is 35.9 Å². The lowest BCUT2D eigenvalue weighted by Gasteiger charge is -2.33. The summed E-state index contributed by atoms with van der Waals surface area (Å²) in [6, 6.07) is 10.6. The molecule has 0 spiro atoms. The van der Waals surface area contributed by atoms with E-state index in [1.54, 1.807) is 0 Å². The van der Waals surface area contributed by atoms with Crippen LogP contribution in [0.5, 0.6) is 0 Å². The van der Waals surface area contributed by atoms with Gasteiger partial charge in [0.05, 0.1) is 12.2 Å². The van der Waals surface area contributed by atoms with E-state index in [4.69, 9.17) is 4.74 Å². The largest absolute Gasteiger partial charge is 0.375 e. The first kappa shape index (κ1) is 16.2. The summed E-state index contributed by atoms with van der Waals surface area (Å²) in [6.45, 7) is 13.7. The number of benzene rings is 1. The van der Waals surface area contributed by atoms with Crippen LogP contribution in [0.3, 0.4) is 0 Å². The summed E-state index contributed by atoms with van der Waals surface area (Å²) in [5.74, 6) is 0. The maximum absolute atomic E-state index is 5.92. The van der Waals surface area contributed by atoms with Gasteiger partial charge in [0.1, 0.15) is 0 Å². The van der Waals surface area contributed by atoms with Gasteiger partial charge in [-0.3, -0.25) is 0 Å². The Bertz CT molecular complexity index is 365. The third-order valence-electron chi connectivity index (χ3n) is 2.89. The van der Waals surface area contributed by atoms with Crippen molar-refractivity contribution in [1.82, 2.24) is 4.90 Å². The minimum Gasteiger partial charge on any atom is -0.375 e. The highest BCUT2D eigenvalue weighted by Crippen LogP contribution is 2.21. The van der Waals surface area contributed by atoms with Crippen molar-refractivity contribution in [1.29, 1.82) is 0 Å². The smallest absolute Gasteiger partial charge is 0.0598 e. The fraction of sp³-hybridized carbons (Fsp3) is 0.647. The highest BCUT2D eigenvalue weighted by molar-refractivity contribution is 5.14. The summed E-state index contributed by atoms with van der Waals surface area (Å²) in [5.41, 5.74) is 1.46. The quantitative estimate of drug-likeness (QED) is 0.770. The van der Waals surface area contributed by atoms with Crippen LogP contribution in [0.2, 0.25) is 0 Å². The van der Waals surface area contributed by atoms with Crippen molar-refractivity contribution >= 4 is 0 Å². The first-order chi connectivity index (χ1) is 8.68. The number of hydrogen-bond donors (Lipinski definition) is 0. The van der Waals surface area contributed by atoms with Gasteiger partial charge >= 0.3 is 0 Å². The summed E-state index contributed by atoms with van der Waals surface area (Å²) < 4.78 is 5.92. The summed E-state index contributed by atoms with van der Waals surface area (Å²) >= 11 is 0. The topological polar surface area (TPSA) is 12.5 Å². The Morgan fingerprint density at radius 2 is 1.58 bits per heavy atom. The standard InChI is InChI=1S/C17H29NO/c1-16(2,3)19-14-17(4,5)13-18(6)12-15-10-8-7-9-11-15/h7-11H,12-14H2,1-6H3. The van der Waals surface area contributed by atoms with Gasteiger partial charge in [-0.1, -0.05) is 44.2 Å². The zero-order chi connectivity index (χ0) is 14.5. The summed E-state index contributed by atoms with van der Waals surface area (Å²) in [7, 11) is 2.17. The Balaban J connectivity index is 2.44. The van der Waals surface area contributed by atoms with E-state index in [1.807, 2.05) is 0 Å². The molecule has 2 heteroatoms. The maximum Gasteiger partial charge on any atom is 0.0598 e. The van der Waals surface area contributed by atoms with Crippen LogP contribution in [-0.2, 0) is 11.3 Å². The zero-order valence-electron chi connectivity index (χ0n) is 13.4. The van der Waals surface area contributed by atoms with E-state index in [9.17, 15) is 0 Å². The Hall–Kier alpha value is -0.860. The average molecular weight is 263 g/mol. The van der Waals surface area contributed by atoms with Crippen molar-refractivity contribution < 1.29 is 4.74 Å². The lowest BCUT2D eigenvalue weighted by molar-refractivity contribution is -0.0496. The highest BCUT2D eigenvalue weighted by Gasteiger charge is 2.23. The van der Waals surface area contributed by atoms with Gasteiger partial charge in [-0.25, -0.2) is 0 Å². The Morgan fingerprint density at radius 1 is 1.00 bits per heavy atom. The van der Waals surface area contributed by atoms with Crippen LogP contribution in [0.15, 0.2) is 30.3 Å². The molecule has 2 nitrogen and oxygen atoms in total. The predicted octanol–water partition coefficient (Wildman–Crippen LogP) is 3.96. The van der Waals surface area contributed by atoms with Crippen LogP contribution in [0.4, 0.5) is 0 Å². The molecule has 108 valence electrons. The Kier molecular flexibility index (Phi) is 5.57. The first-order valence-electron chi connectivity index (χ1n) is 7.04. The van der Waals surface area contributed by atoms with Gasteiger partial charge in [-0.15, -0.1) is 0 Å². The minimum absolute atomic E-state index is 0.0602. The Labute approximate surface area is 118 Å². The van der Waals surface area contributed by atoms with Crippen molar-refractivity contribution in [2.24, 2.45) is 5.41 Å². The molecule has 1 aromatic carbocycles. The van der Waals surface area contributed by atoms with Crippen LogP contribution in [0.1, 0.15) is 40.2 Å². The number of hydrogen-bond acceptors (Lipinski definition) is 2. The predicted molar refractivity (Wildman–Crippen MR) is 82.3 cm³/mol. The van der Waals surface area contributed by atoms with Crippen molar-refractivity contribution in [3.8, 4) is 0 Å². The Morgan fingerprint density at radius 3 is 2.11 bits per heavy atom. The molecule has 0 aliphatic heterocycles. The van der Waals surface area contributed by atoms with Crippen molar-refractivity contribution in [2.45, 2.75) is 46.8 Å². The van der Waals surface area contributed by atoms with Gasteiger partial charge in [-0.2, -0.15) is 0 Å². The molecule has 0 bridgehead atoms. The fourth-order valence-electron chi connectivity index (χ4n) is 2.14. The van der Waals surface area contributed by atoms with Gasteiger partial charge in [0.2, 0.25) is 0 Å². The molecule has 0 fully saturated rings. The summed E-state index contributed by atoms with van der Waals surface area (Å²) in [4.78, 5) is 2.36. The van der Waals surface area contributed by atoms with Gasteiger partial charge in [0.15, 0.2) is 0 Å². The molecule has 1 aromatic rings. The third kappa shape index (κ3) is 7.34. The number of rotatable bonds is 6. The number of ether oxygens (including phenoxy) is 1. The first-order valence-corrected chi connectivity index (χ1v) is 7.04. The van der Waals surface area contributed by atoms with Gasteiger partial charge < -0.3 is 9.64 Å². The molecule has 19 heavy (non-hydrogen) atoms. The van der Waals surface area contributed by atoms with Gasteiger partial charge in [0, 0.05) is 18.5 Å². The second-order valence-corrected chi connectivity index (χ2v) is 7.22. The molecule has 0 atom stereocenters. The summed E-state index contributed by atoms with van der Waals surface area (Å²) in [6.07, 6.45) is 0. The SMILES string of the molecule is CN(Cc1ccccc1)CC(C)(C)COC(C)(C)C. The van der Waals surface area contributed by atoms with E-state index in [-0.39, 0.29) is 11.0 Å². The maximum atomic E-state index is 5.92. The van der Waals surface area contributed by atoms with Crippen LogP contribution in [-0.4, -0.2) is 30.7 Å². The molecular weight excluding hydrogens is 234 g/mol. The van der Waals surface area contributed by atoms with Crippen LogP contribution >= 0.6 is 0 Å². The molecule has 1 rings (SSSR count). The molecule has 0 amide bonds. The lowest BCUT2D eigenvalue weighted by atomic mass is 9.93. The van der Waals surface area contributed by atoms with Crippen molar-refractivity contribution in [2.75, 3.05) is 20.2 Å². The molecule has 0 aliphatic carbocycles. The van der Waals surface area contributed by atoms with E-state index >= 15 is 0 Å². The number of nitrogens with zero attached hydrogens (tertiary/aromatic N) is 1. The van der Waals surface area contributed by atoms with Gasteiger partial charge in [0.25, 0.3) is 0 Å². The molecule has 0 saturated heterocycles. The second-order valence-electron chi connectivity index (χ2n) is 7.22. The highest BCUT2D eigenvalue weighted by atomic mass is 16.5. The molecule has 0 aliphatic rings. The molecular formula is C17H29NO. The van der Waals surface area contributed by atoms with E-state index in [0.29, 0.717) is 0 Å². The normalized spacial score (nSPS) is 13.0. The van der Waals surface area contributed by atoms with E-state index in [2.05, 4.69) is 76.9 Å². The molecule has 0 aromatic heterocycles. The van der Waals surface area contributed by atoms with Crippen LogP contribution < -0.4 is 0 Å². The van der Waals surface area contributed by atoms with Gasteiger partial charge in [-0.05, 0) is 33.4 Å². The van der Waals surface area contributed by atoms with E-state index in [0.717, 1.165) is 19.7 Å². The van der Waals surface area contributed by atoms with Crippen molar-refractivity contribution in [3.63, 3.8) is 0 Å². The molecule has 0 unspecified atom stereocenters. The molecule has 0 N–H and O–H groups in total.